The van der Waals surface area contributed by atoms with Crippen molar-refractivity contribution in [3.8, 4) is 0 Å². The molecule has 0 amide bonds. The molecule has 0 heterocycles. The molecule has 0 aromatic heterocycles. The standard InChI is InChI=1S/Mn.Na.H4O7P2/c;;1-8(2,3)7-9(4,5)6/h;;(H2,1,2,3)(H2,4,5,6)/q+3;+1;/p-4. The maximum atomic E-state index is 9.32. The van der Waals surface area contributed by atoms with E-state index in [2.05, 4.69) is 4.31 Å². The molecule has 0 fully saturated rings. The summed E-state index contributed by atoms with van der Waals surface area (Å²) >= 11 is 0. The van der Waals surface area contributed by atoms with Gasteiger partial charge in [-0.15, -0.1) is 0 Å². The zero-order chi connectivity index (χ0) is 7.71. The maximum Gasteiger partial charge on any atom is 3.00 e. The van der Waals surface area contributed by atoms with Crippen LogP contribution in [0.25, 0.3) is 0 Å². The van der Waals surface area contributed by atoms with Crippen LogP contribution < -0.4 is 49.1 Å². The monoisotopic (exact) mass is 252 g/mol. The Balaban J connectivity index is -0.000000320. The van der Waals surface area contributed by atoms with E-state index in [-0.39, 0.29) is 46.6 Å². The van der Waals surface area contributed by atoms with Crippen LogP contribution in [0, 0.1) is 0 Å². The molecule has 0 rings (SSSR count). The van der Waals surface area contributed by atoms with Gasteiger partial charge in [0.25, 0.3) is 0 Å². The largest absolute Gasteiger partial charge is 3.00 e. The van der Waals surface area contributed by atoms with E-state index in [0.717, 1.165) is 0 Å². The Morgan fingerprint density at radius 1 is 0.909 bits per heavy atom. The van der Waals surface area contributed by atoms with E-state index in [1.807, 2.05) is 0 Å². The van der Waals surface area contributed by atoms with Gasteiger partial charge in [-0.25, -0.2) is 0 Å². The number of hydrogen-bond donors (Lipinski definition) is 0. The SMILES string of the molecule is O=P([O-])([O-])OP(=O)([O-])[O-].[Mn+3].[Na+]. The Kier molecular flexibility index (Phi) is 10.6. The zero-order valence-electron chi connectivity index (χ0n) is 5.13. The van der Waals surface area contributed by atoms with E-state index in [1.165, 1.54) is 0 Å². The first-order chi connectivity index (χ1) is 3.71. The van der Waals surface area contributed by atoms with Gasteiger partial charge in [0.1, 0.15) is 0 Å². The third kappa shape index (κ3) is 18.6. The second-order valence-electron chi connectivity index (χ2n) is 0.976. The molecule has 0 radical (unpaired) electrons. The van der Waals surface area contributed by atoms with Gasteiger partial charge in [0.05, 0.1) is 15.6 Å². The Hall–Kier alpha value is 1.78. The minimum Gasteiger partial charge on any atom is -0.790 e. The molecule has 0 atom stereocenters. The molecule has 0 aliphatic heterocycles. The summed E-state index contributed by atoms with van der Waals surface area (Å²) in [5, 5.41) is 0. The maximum absolute atomic E-state index is 9.32. The molecule has 0 saturated carbocycles. The van der Waals surface area contributed by atoms with Crippen molar-refractivity contribution in [1.29, 1.82) is 0 Å². The average molecular weight is 252 g/mol. The molecule has 0 aliphatic rings. The van der Waals surface area contributed by atoms with E-state index in [0.29, 0.717) is 0 Å². The van der Waals surface area contributed by atoms with Gasteiger partial charge >= 0.3 is 46.6 Å². The van der Waals surface area contributed by atoms with Gasteiger partial charge in [-0.1, -0.05) is 0 Å². The van der Waals surface area contributed by atoms with Crippen LogP contribution in [0.3, 0.4) is 0 Å². The van der Waals surface area contributed by atoms with Gasteiger partial charge < -0.3 is 33.0 Å². The second kappa shape index (κ2) is 6.27. The first-order valence-corrected chi connectivity index (χ1v) is 4.38. The molecule has 0 unspecified atom stereocenters. The number of hydrogen-bond acceptors (Lipinski definition) is 7. The van der Waals surface area contributed by atoms with Crippen LogP contribution in [0.1, 0.15) is 0 Å². The third-order valence-electron chi connectivity index (χ3n) is 0.200. The molecule has 11 heteroatoms. The van der Waals surface area contributed by atoms with Crippen LogP contribution >= 0.6 is 15.6 Å². The number of phosphoric acid groups is 2. The van der Waals surface area contributed by atoms with Crippen molar-refractivity contribution in [2.45, 2.75) is 0 Å². The van der Waals surface area contributed by atoms with Crippen molar-refractivity contribution in [3.63, 3.8) is 0 Å². The molecule has 0 spiro atoms. The molecule has 0 aromatic rings. The minimum atomic E-state index is -5.68. The van der Waals surface area contributed by atoms with Gasteiger partial charge in [0.15, 0.2) is 0 Å². The Labute approximate surface area is 94.8 Å². The van der Waals surface area contributed by atoms with E-state index in [1.54, 1.807) is 0 Å². The predicted molar refractivity (Wildman–Crippen MR) is 16.3 cm³/mol. The molecule has 60 valence electrons. The fourth-order valence-corrected chi connectivity index (χ4v) is 1.10. The average Bonchev–Trinajstić information content (AvgIpc) is 1.14. The van der Waals surface area contributed by atoms with Crippen LogP contribution in [0.2, 0.25) is 0 Å². The molecule has 0 saturated heterocycles. The fourth-order valence-electron chi connectivity index (χ4n) is 0.122. The van der Waals surface area contributed by atoms with Crippen LogP contribution in [-0.2, 0) is 30.5 Å². The molecular formula is MnNaO7P2. The quantitative estimate of drug-likeness (QED) is 0.352. The van der Waals surface area contributed by atoms with E-state index < -0.39 is 15.6 Å². The summed E-state index contributed by atoms with van der Waals surface area (Å²) in [6.07, 6.45) is 0. The van der Waals surface area contributed by atoms with E-state index in [9.17, 15) is 28.7 Å². The first kappa shape index (κ1) is 18.5. The molecule has 0 N–H and O–H groups in total. The Bertz CT molecular complexity index is 157. The van der Waals surface area contributed by atoms with Crippen LogP contribution in [0.4, 0.5) is 0 Å². The minimum absolute atomic E-state index is 0. The molecule has 11 heavy (non-hydrogen) atoms. The molecule has 7 nitrogen and oxygen atoms in total. The van der Waals surface area contributed by atoms with Crippen molar-refractivity contribution < 1.29 is 79.6 Å². The summed E-state index contributed by atoms with van der Waals surface area (Å²) in [5.74, 6) is 0. The topological polar surface area (TPSA) is 136 Å². The Morgan fingerprint density at radius 2 is 1.09 bits per heavy atom. The number of rotatable bonds is 2. The molecular weight excluding hydrogens is 252 g/mol. The smallest absolute Gasteiger partial charge is 0.790 e. The summed E-state index contributed by atoms with van der Waals surface area (Å²) in [7, 11) is -11.4. The van der Waals surface area contributed by atoms with Gasteiger partial charge in [0.2, 0.25) is 0 Å². The summed E-state index contributed by atoms with van der Waals surface area (Å²) in [6, 6.07) is 0. The van der Waals surface area contributed by atoms with Crippen molar-refractivity contribution >= 4 is 15.6 Å². The Morgan fingerprint density at radius 3 is 1.09 bits per heavy atom. The molecule has 0 bridgehead atoms. The predicted octanol–water partition coefficient (Wildman–Crippen LogP) is -6.34. The van der Waals surface area contributed by atoms with Gasteiger partial charge in [-0.05, 0) is 0 Å². The van der Waals surface area contributed by atoms with E-state index >= 15 is 0 Å². The second-order valence-corrected chi connectivity index (χ2v) is 3.42. The van der Waals surface area contributed by atoms with Crippen LogP contribution in [0.15, 0.2) is 0 Å². The van der Waals surface area contributed by atoms with E-state index in [4.69, 9.17) is 0 Å². The normalized spacial score (nSPS) is 11.3. The van der Waals surface area contributed by atoms with Crippen LogP contribution in [-0.4, -0.2) is 0 Å². The summed E-state index contributed by atoms with van der Waals surface area (Å²) < 4.78 is 21.2. The summed E-state index contributed by atoms with van der Waals surface area (Å²) in [4.78, 5) is 37.3. The van der Waals surface area contributed by atoms with Gasteiger partial charge in [-0.2, -0.15) is 0 Å². The van der Waals surface area contributed by atoms with Gasteiger partial charge in [0, 0.05) is 0 Å². The fraction of sp³-hybridized carbons (Fsp3) is 0. The van der Waals surface area contributed by atoms with Crippen molar-refractivity contribution in [2.24, 2.45) is 0 Å². The first-order valence-electron chi connectivity index (χ1n) is 1.46. The third-order valence-corrected chi connectivity index (χ3v) is 1.80. The molecule has 0 aliphatic carbocycles. The summed E-state index contributed by atoms with van der Waals surface area (Å²) in [5.41, 5.74) is 0. The van der Waals surface area contributed by atoms with Crippen molar-refractivity contribution in [1.82, 2.24) is 0 Å². The zero-order valence-corrected chi connectivity index (χ0v) is 10.1. The van der Waals surface area contributed by atoms with Gasteiger partial charge in [-0.3, -0.25) is 0 Å². The van der Waals surface area contributed by atoms with Crippen molar-refractivity contribution in [3.05, 3.63) is 0 Å². The molecule has 0 aromatic carbocycles. The van der Waals surface area contributed by atoms with Crippen molar-refractivity contribution in [2.75, 3.05) is 0 Å². The van der Waals surface area contributed by atoms with Crippen LogP contribution in [0.5, 0.6) is 0 Å². The summed E-state index contributed by atoms with van der Waals surface area (Å²) in [6.45, 7) is 0.